The Morgan fingerprint density at radius 1 is 0.925 bits per heavy atom. The highest BCUT2D eigenvalue weighted by atomic mass is 32.2. The van der Waals surface area contributed by atoms with Gasteiger partial charge in [0.05, 0.1) is 29.5 Å². The Labute approximate surface area is 316 Å². The van der Waals surface area contributed by atoms with Crippen LogP contribution in [0.4, 0.5) is 11.4 Å². The molecular weight excluding hydrogens is 721 g/mol. The van der Waals surface area contributed by atoms with Crippen LogP contribution in [0.5, 0.6) is 0 Å². The molecule has 0 atom stereocenters. The number of allylic oxidation sites excluding steroid dienone is 8. The Morgan fingerprint density at radius 3 is 2.28 bits per heavy atom. The molecule has 2 aliphatic heterocycles. The van der Waals surface area contributed by atoms with Crippen molar-refractivity contribution < 1.29 is 51.6 Å². The molecule has 4 rings (SSSR count). The van der Waals surface area contributed by atoms with Crippen LogP contribution in [0, 0.1) is 0 Å². The zero-order valence-corrected chi connectivity index (χ0v) is 32.6. The summed E-state index contributed by atoms with van der Waals surface area (Å²) in [6.07, 6.45) is 14.6. The lowest BCUT2D eigenvalue weighted by Crippen LogP contribution is -2.28. The molecular formula is C39H49N2O10S2+. The molecule has 2 aliphatic rings. The summed E-state index contributed by atoms with van der Waals surface area (Å²) in [5.41, 5.74) is 5.73. The first kappa shape index (κ1) is 41.7. The minimum absolute atomic E-state index is 0.0620. The van der Waals surface area contributed by atoms with E-state index in [-0.39, 0.29) is 23.2 Å². The smallest absolute Gasteiger partial charge is 0.303 e. The van der Waals surface area contributed by atoms with Crippen molar-refractivity contribution in [3.63, 3.8) is 0 Å². The minimum Gasteiger partial charge on any atom is -0.481 e. The molecule has 14 heteroatoms. The molecule has 0 spiro atoms. The fourth-order valence-electron chi connectivity index (χ4n) is 6.81. The summed E-state index contributed by atoms with van der Waals surface area (Å²) in [5.74, 6) is -1.66. The van der Waals surface area contributed by atoms with Gasteiger partial charge in [0.2, 0.25) is 5.69 Å². The van der Waals surface area contributed by atoms with Gasteiger partial charge in [-0.15, -0.1) is 4.33 Å². The maximum Gasteiger partial charge on any atom is 0.303 e. The Kier molecular flexibility index (Phi) is 14.0. The van der Waals surface area contributed by atoms with Gasteiger partial charge in [-0.05, 0) is 82.0 Å². The highest BCUT2D eigenvalue weighted by molar-refractivity contribution is 7.94. The number of carboxylic acid groups (broad SMARTS) is 2. The molecule has 2 aromatic carbocycles. The topological polar surface area (TPSA) is 163 Å². The zero-order valence-electron chi connectivity index (χ0n) is 31.0. The Hall–Kier alpha value is -4.05. The summed E-state index contributed by atoms with van der Waals surface area (Å²) in [6.45, 7) is 11.5. The Balaban J connectivity index is 1.60. The second-order valence-electron chi connectivity index (χ2n) is 14.0. The normalized spacial score (nSPS) is 17.4. The molecule has 2 heterocycles. The highest BCUT2D eigenvalue weighted by Crippen LogP contribution is 2.48. The monoisotopic (exact) mass is 769 g/mol. The molecule has 0 radical (unpaired) electrons. The van der Waals surface area contributed by atoms with Crippen molar-refractivity contribution in [2.24, 2.45) is 0 Å². The molecule has 12 nitrogen and oxygen atoms in total. The summed E-state index contributed by atoms with van der Waals surface area (Å²) < 4.78 is 40.9. The van der Waals surface area contributed by atoms with E-state index in [2.05, 4.69) is 45.4 Å². The molecule has 0 fully saturated rings. The first-order valence-corrected chi connectivity index (χ1v) is 19.6. The molecule has 53 heavy (non-hydrogen) atoms. The molecule has 286 valence electrons. The third-order valence-electron chi connectivity index (χ3n) is 9.52. The second-order valence-corrected chi connectivity index (χ2v) is 16.2. The van der Waals surface area contributed by atoms with Crippen LogP contribution in [0.25, 0.3) is 0 Å². The average Bonchev–Trinajstić information content (AvgIpc) is 3.42. The van der Waals surface area contributed by atoms with E-state index in [0.717, 1.165) is 56.4 Å². The fourth-order valence-corrected chi connectivity index (χ4v) is 7.77. The molecule has 3 N–H and O–H groups in total. The highest BCUT2D eigenvalue weighted by Gasteiger charge is 2.44. The second kappa shape index (κ2) is 17.9. The first-order chi connectivity index (χ1) is 25.0. The molecule has 0 amide bonds. The number of rotatable bonds is 19. The zero-order chi connectivity index (χ0) is 39.0. The number of unbranched alkanes of at least 4 members (excludes halogenated alkanes) is 2. The van der Waals surface area contributed by atoms with Crippen LogP contribution in [0.1, 0.15) is 84.3 Å². The summed E-state index contributed by atoms with van der Waals surface area (Å²) in [6, 6.07) is 10.6. The lowest BCUT2D eigenvalue weighted by Gasteiger charge is -2.27. The number of hydrogen-bond donors (Lipinski definition) is 3. The van der Waals surface area contributed by atoms with Gasteiger partial charge in [0.1, 0.15) is 6.54 Å². The maximum atomic E-state index is 12.0. The van der Waals surface area contributed by atoms with E-state index in [1.54, 1.807) is 6.07 Å². The van der Waals surface area contributed by atoms with Gasteiger partial charge in [0, 0.05) is 65.2 Å². The van der Waals surface area contributed by atoms with Crippen LogP contribution in [0.2, 0.25) is 0 Å². The van der Waals surface area contributed by atoms with Crippen molar-refractivity contribution in [3.05, 3.63) is 95.3 Å². The van der Waals surface area contributed by atoms with Crippen molar-refractivity contribution in [1.82, 2.24) is 0 Å². The largest absolute Gasteiger partial charge is 0.481 e. The van der Waals surface area contributed by atoms with Gasteiger partial charge < -0.3 is 15.1 Å². The van der Waals surface area contributed by atoms with Crippen LogP contribution in [-0.4, -0.2) is 65.6 Å². The predicted octanol–water partition coefficient (Wildman–Crippen LogP) is 8.08. The van der Waals surface area contributed by atoms with E-state index < -0.39 is 27.5 Å². The minimum atomic E-state index is -4.40. The van der Waals surface area contributed by atoms with Gasteiger partial charge in [-0.2, -0.15) is 13.0 Å². The molecule has 0 bridgehead atoms. The van der Waals surface area contributed by atoms with E-state index in [0.29, 0.717) is 38.8 Å². The van der Waals surface area contributed by atoms with Gasteiger partial charge in [0.15, 0.2) is 5.71 Å². The number of carboxylic acids is 2. The molecule has 2 aromatic rings. The number of anilines is 1. The van der Waals surface area contributed by atoms with E-state index in [9.17, 15) is 22.6 Å². The quantitative estimate of drug-likeness (QED) is 0.0240. The summed E-state index contributed by atoms with van der Waals surface area (Å²) >= 11 is 1.04. The van der Waals surface area contributed by atoms with Crippen LogP contribution in [0.3, 0.4) is 0 Å². The number of nitrogens with zero attached hydrogens (tertiary/aromatic N) is 2. The summed E-state index contributed by atoms with van der Waals surface area (Å²) in [4.78, 5) is 29.5. The van der Waals surface area contributed by atoms with E-state index in [4.69, 9.17) is 14.5 Å². The molecule has 0 aliphatic carbocycles. The van der Waals surface area contributed by atoms with E-state index >= 15 is 0 Å². The molecule has 0 unspecified atom stereocenters. The molecule has 0 saturated heterocycles. The standard InChI is InChI=1S/C39H48N2O10S2/c1-27(14-12-16-35-39(4,5)31-26-29(53(46,47)48)20-22-33(31)41(35)24-10-8-18-37(44)45)13-11-15-34-38(2,3)30-25-28(52-51-50-49-6)19-21-32(30)40(34)23-9-7-17-36(42)43/h11-16,19-22,25-26H,7-10,17-18,23-24H2,1-6H3,(H2-,42,43,44,45,46,47,48)/p+1. The van der Waals surface area contributed by atoms with Gasteiger partial charge >= 0.3 is 11.9 Å². The van der Waals surface area contributed by atoms with Crippen LogP contribution in [-0.2, 0) is 44.8 Å². The number of benzene rings is 2. The first-order valence-electron chi connectivity index (χ1n) is 17.4. The summed E-state index contributed by atoms with van der Waals surface area (Å²) in [5, 5.41) is 22.8. The van der Waals surface area contributed by atoms with Crippen LogP contribution >= 0.6 is 12.0 Å². The SMILES string of the molecule is COOOSc1ccc2c(c1)C(C)(C)C(/C=C/C=C(C)/C=C/C=C1/N(CCCCC(=O)O)c3ccc(S(=O)(=O)O)cc3C1(C)C)=[N+]2CCCCC(=O)O. The third kappa shape index (κ3) is 10.3. The van der Waals surface area contributed by atoms with E-state index in [1.807, 2.05) is 63.3 Å². The van der Waals surface area contributed by atoms with Crippen LogP contribution in [0.15, 0.2) is 93.9 Å². The van der Waals surface area contributed by atoms with Gasteiger partial charge in [0.25, 0.3) is 10.1 Å². The summed E-state index contributed by atoms with van der Waals surface area (Å²) in [7, 11) is -3.04. The Morgan fingerprint density at radius 2 is 1.62 bits per heavy atom. The molecule has 0 saturated carbocycles. The van der Waals surface area contributed by atoms with Crippen molar-refractivity contribution >= 4 is 51.2 Å². The fraction of sp³-hybridized carbons (Fsp3) is 0.410. The van der Waals surface area contributed by atoms with Gasteiger partial charge in [-0.3, -0.25) is 14.1 Å². The number of hydrogen-bond acceptors (Lipinski definition) is 9. The number of fused-ring (bicyclic) bond motifs is 2. The Bertz CT molecular complexity index is 1960. The third-order valence-corrected chi connectivity index (χ3v) is 10.9. The van der Waals surface area contributed by atoms with Gasteiger partial charge in [-0.1, -0.05) is 48.8 Å². The molecule has 0 aromatic heterocycles. The van der Waals surface area contributed by atoms with Crippen molar-refractivity contribution in [2.75, 3.05) is 25.1 Å². The average molecular weight is 770 g/mol. The lowest BCUT2D eigenvalue weighted by molar-refractivity contribution is -0.447. The van der Waals surface area contributed by atoms with Crippen molar-refractivity contribution in [3.8, 4) is 0 Å². The van der Waals surface area contributed by atoms with Gasteiger partial charge in [-0.25, -0.2) is 4.89 Å². The number of aliphatic carboxylic acids is 2. The number of carbonyl (C=O) groups is 2. The van der Waals surface area contributed by atoms with E-state index in [1.165, 1.54) is 19.2 Å². The lowest BCUT2D eigenvalue weighted by atomic mass is 9.81. The van der Waals surface area contributed by atoms with Crippen LogP contribution < -0.4 is 4.90 Å². The van der Waals surface area contributed by atoms with Crippen molar-refractivity contribution in [1.29, 1.82) is 0 Å². The van der Waals surface area contributed by atoms with Crippen molar-refractivity contribution in [2.45, 2.75) is 93.8 Å². The maximum absolute atomic E-state index is 12.0. The predicted molar refractivity (Wildman–Crippen MR) is 204 cm³/mol.